The molecule has 2 aromatic heterocycles. The summed E-state index contributed by atoms with van der Waals surface area (Å²) < 4.78 is 10.5. The molecular weight excluding hydrogens is 238 g/mol. The van der Waals surface area contributed by atoms with E-state index in [2.05, 4.69) is 14.1 Å². The van der Waals surface area contributed by atoms with Crippen LogP contribution in [-0.4, -0.2) is 22.4 Å². The molecular formula is C11H12N3O2S+. The van der Waals surface area contributed by atoms with E-state index in [1.54, 1.807) is 4.57 Å². The summed E-state index contributed by atoms with van der Waals surface area (Å²) in [6, 6.07) is 3.81. The van der Waals surface area contributed by atoms with Gasteiger partial charge < -0.3 is 4.74 Å². The van der Waals surface area contributed by atoms with Crippen LogP contribution in [0.2, 0.25) is 0 Å². The zero-order chi connectivity index (χ0) is 12.3. The molecule has 2 heterocycles. The van der Waals surface area contributed by atoms with Crippen LogP contribution in [-0.2, 0) is 16.1 Å². The van der Waals surface area contributed by atoms with Crippen molar-refractivity contribution in [3.8, 4) is 10.6 Å². The predicted octanol–water partition coefficient (Wildman–Crippen LogP) is 0.974. The van der Waals surface area contributed by atoms with Gasteiger partial charge in [0.25, 0.3) is 0 Å². The summed E-state index contributed by atoms with van der Waals surface area (Å²) in [5.41, 5.74) is 0.997. The lowest BCUT2D eigenvalue weighted by Crippen LogP contribution is -2.37. The highest BCUT2D eigenvalue weighted by molar-refractivity contribution is 7.09. The highest BCUT2D eigenvalue weighted by atomic mass is 32.1. The Morgan fingerprint density at radius 1 is 1.47 bits per heavy atom. The van der Waals surface area contributed by atoms with Gasteiger partial charge in [-0.25, -0.2) is 9.78 Å². The summed E-state index contributed by atoms with van der Waals surface area (Å²) in [4.78, 5) is 15.4. The van der Waals surface area contributed by atoms with Crippen LogP contribution in [0.15, 0.2) is 24.5 Å². The standard InChI is InChI=1S/C11H12N3O2S/c1-8-12-11(17-13-8)9-3-5-14(6-4-9)7-10(15)16-2/h3-6H,7H2,1-2H3/q+1. The van der Waals surface area contributed by atoms with Gasteiger partial charge >= 0.3 is 5.97 Å². The van der Waals surface area contributed by atoms with Gasteiger partial charge in [0, 0.05) is 17.7 Å². The predicted molar refractivity (Wildman–Crippen MR) is 62.3 cm³/mol. The number of aromatic nitrogens is 3. The topological polar surface area (TPSA) is 56.0 Å². The molecule has 0 N–H and O–H groups in total. The molecule has 0 aromatic carbocycles. The van der Waals surface area contributed by atoms with Crippen molar-refractivity contribution < 1.29 is 14.1 Å². The number of carbonyl (C=O) groups is 1. The van der Waals surface area contributed by atoms with Crippen molar-refractivity contribution in [1.29, 1.82) is 0 Å². The lowest BCUT2D eigenvalue weighted by atomic mass is 10.3. The van der Waals surface area contributed by atoms with Crippen LogP contribution < -0.4 is 4.57 Å². The summed E-state index contributed by atoms with van der Waals surface area (Å²) in [6.45, 7) is 2.08. The fraction of sp³-hybridized carbons (Fsp3) is 0.273. The second kappa shape index (κ2) is 5.01. The van der Waals surface area contributed by atoms with Crippen molar-refractivity contribution in [2.45, 2.75) is 13.5 Å². The minimum Gasteiger partial charge on any atom is -0.464 e. The summed E-state index contributed by atoms with van der Waals surface area (Å²) in [5.74, 6) is 0.505. The number of hydrogen-bond acceptors (Lipinski definition) is 5. The molecule has 0 bridgehead atoms. The zero-order valence-corrected chi connectivity index (χ0v) is 10.4. The molecule has 6 heteroatoms. The van der Waals surface area contributed by atoms with Crippen molar-refractivity contribution in [3.05, 3.63) is 30.4 Å². The Kier molecular flexibility index (Phi) is 3.43. The molecule has 0 saturated carbocycles. The first-order valence-electron chi connectivity index (χ1n) is 5.05. The maximum atomic E-state index is 11.1. The molecule has 0 amide bonds. The van der Waals surface area contributed by atoms with E-state index in [4.69, 9.17) is 0 Å². The number of ether oxygens (including phenoxy) is 1. The Morgan fingerprint density at radius 2 is 2.18 bits per heavy atom. The van der Waals surface area contributed by atoms with Crippen molar-refractivity contribution in [1.82, 2.24) is 9.36 Å². The minimum atomic E-state index is -0.269. The molecule has 0 aliphatic heterocycles. The van der Waals surface area contributed by atoms with E-state index >= 15 is 0 Å². The van der Waals surface area contributed by atoms with Crippen molar-refractivity contribution in [3.63, 3.8) is 0 Å². The Balaban J connectivity index is 2.15. The average Bonchev–Trinajstić information content (AvgIpc) is 2.77. The third-order valence-electron chi connectivity index (χ3n) is 2.21. The fourth-order valence-electron chi connectivity index (χ4n) is 1.33. The highest BCUT2D eigenvalue weighted by Gasteiger charge is 2.10. The SMILES string of the molecule is COC(=O)C[n+]1ccc(-c2nc(C)ns2)cc1. The molecule has 0 aliphatic rings. The summed E-state index contributed by atoms with van der Waals surface area (Å²) in [6.07, 6.45) is 3.64. The number of aryl methyl sites for hydroxylation is 1. The fourth-order valence-corrected chi connectivity index (χ4v) is 2.01. The summed E-state index contributed by atoms with van der Waals surface area (Å²) in [7, 11) is 1.38. The minimum absolute atomic E-state index is 0.214. The molecule has 0 radical (unpaired) electrons. The molecule has 5 nitrogen and oxygen atoms in total. The number of esters is 1. The molecule has 2 aromatic rings. The van der Waals surface area contributed by atoms with Crippen molar-refractivity contribution >= 4 is 17.5 Å². The van der Waals surface area contributed by atoms with E-state index < -0.39 is 0 Å². The first-order valence-corrected chi connectivity index (χ1v) is 5.83. The van der Waals surface area contributed by atoms with Crippen LogP contribution in [0.25, 0.3) is 10.6 Å². The van der Waals surface area contributed by atoms with Gasteiger partial charge in [0.1, 0.15) is 10.8 Å². The highest BCUT2D eigenvalue weighted by Crippen LogP contribution is 2.19. The van der Waals surface area contributed by atoms with Crippen LogP contribution in [0.5, 0.6) is 0 Å². The number of rotatable bonds is 3. The largest absolute Gasteiger partial charge is 0.464 e. The van der Waals surface area contributed by atoms with E-state index in [-0.39, 0.29) is 12.5 Å². The summed E-state index contributed by atoms with van der Waals surface area (Å²) in [5, 5.41) is 0.882. The number of methoxy groups -OCH3 is 1. The van der Waals surface area contributed by atoms with E-state index in [0.29, 0.717) is 0 Å². The second-order valence-electron chi connectivity index (χ2n) is 3.48. The Labute approximate surface area is 103 Å². The monoisotopic (exact) mass is 250 g/mol. The van der Waals surface area contributed by atoms with Crippen LogP contribution in [0.1, 0.15) is 5.82 Å². The van der Waals surface area contributed by atoms with E-state index in [1.807, 2.05) is 31.5 Å². The molecule has 0 spiro atoms. The van der Waals surface area contributed by atoms with Gasteiger partial charge in [-0.2, -0.15) is 8.94 Å². The first kappa shape index (κ1) is 11.7. The first-order chi connectivity index (χ1) is 8.19. The molecule has 17 heavy (non-hydrogen) atoms. The lowest BCUT2D eigenvalue weighted by molar-refractivity contribution is -0.685. The number of nitrogens with zero attached hydrogens (tertiary/aromatic N) is 3. The maximum Gasteiger partial charge on any atom is 0.372 e. The van der Waals surface area contributed by atoms with Gasteiger partial charge in [-0.3, -0.25) is 0 Å². The van der Waals surface area contributed by atoms with E-state index in [0.717, 1.165) is 16.4 Å². The van der Waals surface area contributed by atoms with Crippen LogP contribution in [0.4, 0.5) is 0 Å². The van der Waals surface area contributed by atoms with Crippen LogP contribution >= 0.6 is 11.5 Å². The zero-order valence-electron chi connectivity index (χ0n) is 9.58. The van der Waals surface area contributed by atoms with Crippen molar-refractivity contribution in [2.75, 3.05) is 7.11 Å². The molecule has 0 fully saturated rings. The van der Waals surface area contributed by atoms with E-state index in [1.165, 1.54) is 18.6 Å². The van der Waals surface area contributed by atoms with Gasteiger partial charge in [0.05, 0.1) is 7.11 Å². The van der Waals surface area contributed by atoms with Crippen LogP contribution in [0, 0.1) is 6.92 Å². The molecule has 0 atom stereocenters. The number of pyridine rings is 1. The van der Waals surface area contributed by atoms with E-state index in [9.17, 15) is 4.79 Å². The lowest BCUT2D eigenvalue weighted by Gasteiger charge is -1.96. The van der Waals surface area contributed by atoms with Gasteiger partial charge in [-0.05, 0) is 18.5 Å². The molecule has 88 valence electrons. The normalized spacial score (nSPS) is 10.2. The van der Waals surface area contributed by atoms with Crippen molar-refractivity contribution in [2.24, 2.45) is 0 Å². The average molecular weight is 250 g/mol. The Hall–Kier alpha value is -1.82. The smallest absolute Gasteiger partial charge is 0.372 e. The Morgan fingerprint density at radius 3 is 2.71 bits per heavy atom. The number of hydrogen-bond donors (Lipinski definition) is 0. The van der Waals surface area contributed by atoms with Crippen LogP contribution in [0.3, 0.4) is 0 Å². The van der Waals surface area contributed by atoms with Gasteiger partial charge in [0.15, 0.2) is 12.4 Å². The second-order valence-corrected chi connectivity index (χ2v) is 4.23. The molecule has 0 aliphatic carbocycles. The maximum absolute atomic E-state index is 11.1. The van der Waals surface area contributed by atoms with Gasteiger partial charge in [0.2, 0.25) is 6.54 Å². The Bertz CT molecular complexity index is 522. The van der Waals surface area contributed by atoms with Gasteiger partial charge in [-0.15, -0.1) is 0 Å². The number of carbonyl (C=O) groups excluding carboxylic acids is 1. The quantitative estimate of drug-likeness (QED) is 0.602. The molecule has 0 saturated heterocycles. The van der Waals surface area contributed by atoms with Gasteiger partial charge in [-0.1, -0.05) is 0 Å². The molecule has 0 unspecified atom stereocenters. The third kappa shape index (κ3) is 2.85. The third-order valence-corrected chi connectivity index (χ3v) is 3.06. The molecule has 2 rings (SSSR count). The summed E-state index contributed by atoms with van der Waals surface area (Å²) >= 11 is 1.36.